The minimum Gasteiger partial charge on any atom is -0.0687 e. The molecule has 464 valence electrons. The predicted octanol–water partition coefficient (Wildman–Crippen LogP) is 18.3. The molecule has 0 atom stereocenters. The average Bonchev–Trinajstić information content (AvgIpc) is 2.89. The Kier molecular flexibility index (Phi) is 69.5. The van der Waals surface area contributed by atoms with Gasteiger partial charge >= 0.3 is 0 Å². The van der Waals surface area contributed by atoms with Gasteiger partial charge in [0.1, 0.15) is 0 Å². The molecule has 0 aromatic heterocycles. The summed E-state index contributed by atoms with van der Waals surface area (Å²) in [7, 11) is 0. The third-order valence-electron chi connectivity index (χ3n) is 7.05. The quantitative estimate of drug-likeness (QED) is 0.212. The van der Waals surface area contributed by atoms with E-state index in [1.54, 1.807) is 0 Å². The van der Waals surface area contributed by atoms with Crippen LogP contribution >= 0.6 is 0 Å². The van der Waals surface area contributed by atoms with Crippen molar-refractivity contribution in [2.24, 2.45) is 0 Å². The van der Waals surface area contributed by atoms with Gasteiger partial charge in [0.15, 0.2) is 0 Å². The molecule has 0 bridgehead atoms. The molecule has 0 radical (unpaired) electrons. The fourth-order valence-corrected chi connectivity index (χ4v) is 3.49. The zero-order valence-corrected chi connectivity index (χ0v) is 57.9. The van der Waals surface area contributed by atoms with Crippen molar-refractivity contribution in [1.29, 1.82) is 0 Å². The highest BCUT2D eigenvalue weighted by Crippen LogP contribution is 1.68. The first-order chi connectivity index (χ1) is 57.4. The lowest BCUT2D eigenvalue weighted by molar-refractivity contribution is 2.10. The normalized spacial score (nSPS) is 3.97. The van der Waals surface area contributed by atoms with Crippen LogP contribution in [0.1, 0.15) is 0 Å². The summed E-state index contributed by atoms with van der Waals surface area (Å²) in [4.78, 5) is 0. The van der Waals surface area contributed by atoms with Gasteiger partial charge in [-0.1, -0.05) is 11.5 Å². The van der Waals surface area contributed by atoms with E-state index < -0.39 is 0 Å². The van der Waals surface area contributed by atoms with E-state index >= 15 is 0 Å². The van der Waals surface area contributed by atoms with Gasteiger partial charge in [-0.2, -0.15) is 0 Å². The smallest absolute Gasteiger partial charge is 0 e. The van der Waals surface area contributed by atoms with Crippen LogP contribution in [0.2, 0.25) is 0 Å². The Balaban J connectivity index is 6.19. The molecule has 0 spiro atoms. The molecule has 0 amide bonds. The minimum absolute atomic E-state index is 2.37. The van der Waals surface area contributed by atoms with Crippen molar-refractivity contribution in [3.63, 3.8) is 0 Å². The van der Waals surface area contributed by atoms with E-state index in [1.165, 1.54) is 0 Å². The Hall–Kier alpha value is -25.1. The minimum atomic E-state index is 2.37. The van der Waals surface area contributed by atoms with Gasteiger partial charge in [0.05, 0.1) is 0 Å². The average molecular weight is 1390 g/mol. The van der Waals surface area contributed by atoms with Crippen LogP contribution < -0.4 is 0 Å². The highest BCUT2D eigenvalue weighted by Gasteiger charge is 1.52. The van der Waals surface area contributed by atoms with E-state index in [4.69, 9.17) is 0 Å². The van der Waals surface area contributed by atoms with Gasteiger partial charge in [-0.15, -0.1) is 0 Å². The first-order valence-corrected chi connectivity index (χ1v) is 28.7. The molecule has 0 N–H and O–H groups in total. The number of hydrogen-bond donors (Lipinski definition) is 0. The van der Waals surface area contributed by atoms with E-state index in [0.717, 1.165) is 0 Å². The number of hydrogen-bond acceptors (Lipinski definition) is 0. The van der Waals surface area contributed by atoms with Crippen molar-refractivity contribution >= 4 is 0 Å². The van der Waals surface area contributed by atoms with Crippen molar-refractivity contribution in [3.05, 3.63) is 661 Å². The molecular weight excluding hydrogens is 1380 g/mol. The monoisotopic (exact) mass is 1380 g/mol. The fourth-order valence-electron chi connectivity index (χ4n) is 3.49. The molecule has 0 nitrogen and oxygen atoms in total. The van der Waals surface area contributed by atoms with Gasteiger partial charge in [-0.05, 0) is 105 Å². The Morgan fingerprint density at radius 2 is 0.0696 bits per heavy atom. The molecule has 0 aliphatic heterocycles. The molecule has 0 rings (SSSR count). The van der Waals surface area contributed by atoms with Gasteiger partial charge in [0, 0.05) is 544 Å². The summed E-state index contributed by atoms with van der Waals surface area (Å²) in [6.07, 6.45) is 0. The largest absolute Gasteiger partial charge is 0.0687 e. The van der Waals surface area contributed by atoms with E-state index in [-0.39, 0.29) is 0 Å². The highest BCUT2D eigenvalue weighted by atomic mass is 13.5. The summed E-state index contributed by atoms with van der Waals surface area (Å²) in [5.41, 5.74) is 282. The summed E-state index contributed by atoms with van der Waals surface area (Å²) in [5.74, 6) is 0. The van der Waals surface area contributed by atoms with Crippen LogP contribution in [0.5, 0.6) is 0 Å². The SMILES string of the molecule is C=C=C=C=C=C=C=C=C=C=C=C=C=C=C=C=C=C=C=C=C=C=C=C=C=C=C=C=C=C=C=C=C=C=C=C=C=C=C=C=C=C=C=C=C=C=C=C=C=C=C=C=C=C=C=C=C=C=C=C=C=C=C=C=C=C=C=C=C=C=C=C=C=C=C=C=C=C=C=C=C=C=C=C=C=C=C=C=C=C=C=C=C=C=C=C=C=C=C=C=C=C=C=C=C=C=C=C=C=C=C=C=C=C=C. The van der Waals surface area contributed by atoms with E-state index in [9.17, 15) is 0 Å². The maximum Gasteiger partial charge on any atom is 0 e. The number of rotatable bonds is 0. The zero-order valence-electron chi connectivity index (χ0n) is 57.9. The van der Waals surface area contributed by atoms with Crippen molar-refractivity contribution in [2.45, 2.75) is 0 Å². The Morgan fingerprint density at radius 3 is 0.0957 bits per heavy atom. The first kappa shape index (κ1) is 89.9. The molecular formula is C115H4. The Bertz CT molecular complexity index is 8660. The molecule has 0 aliphatic rings. The van der Waals surface area contributed by atoms with Crippen molar-refractivity contribution in [1.82, 2.24) is 0 Å². The molecule has 0 heterocycles. The molecule has 0 heteroatoms. The van der Waals surface area contributed by atoms with Crippen molar-refractivity contribution < 1.29 is 0 Å². The lowest BCUT2D eigenvalue weighted by Gasteiger charge is -1.41. The van der Waals surface area contributed by atoms with Crippen LogP contribution in [0.3, 0.4) is 0 Å². The maximum absolute atomic E-state index is 3.32. The van der Waals surface area contributed by atoms with E-state index in [1.807, 2.05) is 0 Å². The van der Waals surface area contributed by atoms with Gasteiger partial charge in [-0.25, -0.2) is 0 Å². The topological polar surface area (TPSA) is 0 Å². The Morgan fingerprint density at radius 1 is 0.0435 bits per heavy atom. The summed E-state index contributed by atoms with van der Waals surface area (Å²) >= 11 is 0. The van der Waals surface area contributed by atoms with Gasteiger partial charge in [0.25, 0.3) is 0 Å². The fraction of sp³-hybridized carbons (Fsp3) is 0. The van der Waals surface area contributed by atoms with Crippen LogP contribution in [0.15, 0.2) is 661 Å². The molecule has 0 saturated heterocycles. The van der Waals surface area contributed by atoms with Crippen molar-refractivity contribution in [2.75, 3.05) is 0 Å². The zero-order chi connectivity index (χ0) is 81.9. The van der Waals surface area contributed by atoms with E-state index in [0.29, 0.717) is 0 Å². The maximum atomic E-state index is 3.32. The molecule has 0 unspecified atom stereocenters. The van der Waals surface area contributed by atoms with Crippen LogP contribution in [0.4, 0.5) is 0 Å². The van der Waals surface area contributed by atoms with Gasteiger partial charge < -0.3 is 0 Å². The van der Waals surface area contributed by atoms with Crippen molar-refractivity contribution in [3.8, 4) is 0 Å². The summed E-state index contributed by atoms with van der Waals surface area (Å²) in [5, 5.41) is 0. The van der Waals surface area contributed by atoms with Crippen LogP contribution in [-0.2, 0) is 0 Å². The van der Waals surface area contributed by atoms with Crippen LogP contribution in [0.25, 0.3) is 0 Å². The second-order valence-corrected chi connectivity index (χ2v) is 14.2. The molecule has 0 aliphatic carbocycles. The molecule has 0 aromatic carbocycles. The predicted molar refractivity (Wildman–Crippen MR) is 408 cm³/mol. The Labute approximate surface area is 656 Å². The van der Waals surface area contributed by atoms with Crippen LogP contribution in [0, 0.1) is 0 Å². The third-order valence-corrected chi connectivity index (χ3v) is 7.05. The third kappa shape index (κ3) is 88.9. The van der Waals surface area contributed by atoms with E-state index in [2.05, 4.69) is 661 Å². The van der Waals surface area contributed by atoms with Crippen LogP contribution in [-0.4, -0.2) is 0 Å². The molecule has 0 aromatic rings. The lowest BCUT2D eigenvalue weighted by Crippen LogP contribution is -1.26. The molecule has 115 heavy (non-hydrogen) atoms. The second-order valence-electron chi connectivity index (χ2n) is 14.2. The second kappa shape index (κ2) is 88.9. The standard InChI is InChI=1S/C115H4/c1-3-5-7-9-11-13-15-17-19-21-23-25-27-29-31-33-35-37-39-41-43-45-47-49-51-53-55-57-59-61-63-65-67-69-71-73-75-77-79-81-83-85-87-89-91-93-95-97-99-101-103-105-107-109-111-113-115-114-112-110-108-106-104-102-100-98-96-94-92-90-88-86-84-82-80-78-76-74-72-70-68-66-64-62-60-58-56-54-52-50-48-46-44-42-40-38-36-34-32-30-28-26-24-22-20-18-16-14-12-10-8-6-4-2/h1-2H2. The summed E-state index contributed by atoms with van der Waals surface area (Å²) in [6.45, 7) is 6.64. The molecule has 0 saturated carbocycles. The lowest BCUT2D eigenvalue weighted by atomic mass is 10.6. The van der Waals surface area contributed by atoms with Gasteiger partial charge in [0.2, 0.25) is 0 Å². The van der Waals surface area contributed by atoms with Gasteiger partial charge in [-0.3, -0.25) is 0 Å². The summed E-state index contributed by atoms with van der Waals surface area (Å²) in [6, 6.07) is 0. The first-order valence-electron chi connectivity index (χ1n) is 28.7. The summed E-state index contributed by atoms with van der Waals surface area (Å²) < 4.78 is 0. The highest BCUT2D eigenvalue weighted by molar-refractivity contribution is 5.04. The molecule has 0 fully saturated rings.